The lowest BCUT2D eigenvalue weighted by atomic mass is 10.2. The highest BCUT2D eigenvalue weighted by Gasteiger charge is 2.41. The van der Waals surface area contributed by atoms with Crippen LogP contribution in [0.2, 0.25) is 5.02 Å². The van der Waals surface area contributed by atoms with Gasteiger partial charge in [-0.25, -0.2) is 4.98 Å². The van der Waals surface area contributed by atoms with Crippen molar-refractivity contribution in [2.75, 3.05) is 4.90 Å². The van der Waals surface area contributed by atoms with Crippen LogP contribution in [0.5, 0.6) is 0 Å². The zero-order valence-electron chi connectivity index (χ0n) is 13.5. The number of halogens is 5. The second-order valence-corrected chi connectivity index (χ2v) is 7.17. The number of pyridine rings is 1. The second kappa shape index (κ2) is 6.69. The zero-order valence-corrected chi connectivity index (χ0v) is 15.9. The van der Waals surface area contributed by atoms with E-state index in [1.807, 2.05) is 12.1 Å². The summed E-state index contributed by atoms with van der Waals surface area (Å²) in [7, 11) is 0. The maximum absolute atomic E-state index is 13.7. The van der Waals surface area contributed by atoms with Crippen LogP contribution < -0.4 is 4.90 Å². The van der Waals surface area contributed by atoms with Crippen LogP contribution in [-0.2, 0) is 6.18 Å². The molecule has 4 rings (SSSR count). The molecule has 3 aromatic rings. The summed E-state index contributed by atoms with van der Waals surface area (Å²) in [4.78, 5) is 9.75. The van der Waals surface area contributed by atoms with Crippen molar-refractivity contribution in [3.05, 3.63) is 75.8 Å². The summed E-state index contributed by atoms with van der Waals surface area (Å²) < 4.78 is 43.4. The van der Waals surface area contributed by atoms with Gasteiger partial charge in [0.2, 0.25) is 0 Å². The largest absolute Gasteiger partial charge is 0.435 e. The van der Waals surface area contributed by atoms with Crippen LogP contribution >= 0.6 is 27.5 Å². The Bertz CT molecular complexity index is 1060. The minimum Gasteiger partial charge on any atom is -0.320 e. The van der Waals surface area contributed by atoms with Crippen LogP contribution in [0.15, 0.2) is 64.3 Å². The third-order valence-corrected chi connectivity index (χ3v) is 4.83. The predicted molar refractivity (Wildman–Crippen MR) is 102 cm³/mol. The molecule has 1 aliphatic rings. The lowest BCUT2D eigenvalue weighted by Crippen LogP contribution is -2.27. The second-order valence-electron chi connectivity index (χ2n) is 5.82. The summed E-state index contributed by atoms with van der Waals surface area (Å²) in [6.45, 7) is 0. The van der Waals surface area contributed by atoms with Gasteiger partial charge in [-0.05, 0) is 42.5 Å². The molecule has 9 heteroatoms. The van der Waals surface area contributed by atoms with Gasteiger partial charge in [-0.15, -0.1) is 0 Å². The molecular weight excluding hydrogens is 445 g/mol. The Hall–Kier alpha value is -2.32. The molecule has 0 radical (unpaired) electrons. The van der Waals surface area contributed by atoms with Crippen molar-refractivity contribution in [1.29, 1.82) is 0 Å². The summed E-state index contributed by atoms with van der Waals surface area (Å²) in [5.74, 6) is 0. The number of imidazole rings is 1. The molecule has 1 unspecified atom stereocenters. The summed E-state index contributed by atoms with van der Waals surface area (Å²) in [6.07, 6.45) is 0.677. The average Bonchev–Trinajstić information content (AvgIpc) is 3.01. The lowest BCUT2D eigenvalue weighted by molar-refractivity contribution is -0.141. The molecule has 27 heavy (non-hydrogen) atoms. The predicted octanol–water partition coefficient (Wildman–Crippen LogP) is 5.87. The van der Waals surface area contributed by atoms with Gasteiger partial charge >= 0.3 is 6.18 Å². The lowest BCUT2D eigenvalue weighted by Gasteiger charge is -2.30. The van der Waals surface area contributed by atoms with Crippen LogP contribution in [0.4, 0.5) is 18.9 Å². The Morgan fingerprint density at radius 2 is 1.81 bits per heavy atom. The van der Waals surface area contributed by atoms with Gasteiger partial charge in [0.1, 0.15) is 11.3 Å². The van der Waals surface area contributed by atoms with Crippen molar-refractivity contribution in [2.45, 2.75) is 12.3 Å². The van der Waals surface area contributed by atoms with Gasteiger partial charge in [0.15, 0.2) is 11.9 Å². The number of rotatable bonds is 2. The number of hydrogen-bond donors (Lipinski definition) is 0. The molecule has 0 fully saturated rings. The standard InChI is InChI=1S/C18H11BrClF3N4/c19-11-2-5-13(6-3-11)26-9-1-8-24-17(26)15-16(18(21,22)23)25-14-7-4-12(20)10-27(14)15/h1-10,17H. The van der Waals surface area contributed by atoms with E-state index in [0.717, 1.165) is 4.47 Å². The Kier molecular flexibility index (Phi) is 4.47. The van der Waals surface area contributed by atoms with Crippen molar-refractivity contribution < 1.29 is 13.2 Å². The number of hydrogen-bond acceptors (Lipinski definition) is 3. The Balaban J connectivity index is 1.93. The molecule has 0 aliphatic carbocycles. The molecule has 1 aliphatic heterocycles. The van der Waals surface area contributed by atoms with Gasteiger partial charge in [0, 0.05) is 28.8 Å². The fraction of sp³-hybridized carbons (Fsp3) is 0.111. The van der Waals surface area contributed by atoms with Crippen LogP contribution in [0.25, 0.3) is 5.65 Å². The van der Waals surface area contributed by atoms with Gasteiger partial charge in [-0.1, -0.05) is 27.5 Å². The van der Waals surface area contributed by atoms with Crippen molar-refractivity contribution in [3.63, 3.8) is 0 Å². The molecule has 2 aromatic heterocycles. The topological polar surface area (TPSA) is 32.9 Å². The first-order valence-electron chi connectivity index (χ1n) is 7.83. The minimum absolute atomic E-state index is 0.0940. The van der Waals surface area contributed by atoms with Crippen LogP contribution in [0.3, 0.4) is 0 Å². The van der Waals surface area contributed by atoms with Gasteiger partial charge < -0.3 is 4.90 Å². The number of alkyl halides is 3. The highest BCUT2D eigenvalue weighted by Crippen LogP contribution is 2.39. The van der Waals surface area contributed by atoms with E-state index < -0.39 is 18.0 Å². The average molecular weight is 456 g/mol. The first-order chi connectivity index (χ1) is 12.8. The number of anilines is 1. The van der Waals surface area contributed by atoms with Crippen molar-refractivity contribution in [3.8, 4) is 0 Å². The maximum Gasteiger partial charge on any atom is 0.435 e. The molecule has 138 valence electrons. The highest BCUT2D eigenvalue weighted by molar-refractivity contribution is 9.10. The number of allylic oxidation sites excluding steroid dienone is 1. The Morgan fingerprint density at radius 1 is 1.07 bits per heavy atom. The quantitative estimate of drug-likeness (QED) is 0.484. The van der Waals surface area contributed by atoms with E-state index in [0.29, 0.717) is 10.7 Å². The van der Waals surface area contributed by atoms with Crippen molar-refractivity contribution in [2.24, 2.45) is 4.99 Å². The van der Waals surface area contributed by atoms with Crippen molar-refractivity contribution in [1.82, 2.24) is 9.38 Å². The molecule has 1 atom stereocenters. The molecule has 0 saturated heterocycles. The third kappa shape index (κ3) is 3.35. The Morgan fingerprint density at radius 3 is 2.52 bits per heavy atom. The van der Waals surface area contributed by atoms with Crippen LogP contribution in [0.1, 0.15) is 17.6 Å². The van der Waals surface area contributed by atoms with Crippen molar-refractivity contribution >= 4 is 45.1 Å². The summed E-state index contributed by atoms with van der Waals surface area (Å²) >= 11 is 9.38. The van der Waals surface area contributed by atoms with Crippen LogP contribution in [-0.4, -0.2) is 15.6 Å². The summed E-state index contributed by atoms with van der Waals surface area (Å²) in [5.41, 5.74) is -0.225. The molecule has 3 heterocycles. The number of aliphatic imine (C=N–C) groups is 1. The molecule has 0 amide bonds. The fourth-order valence-corrected chi connectivity index (χ4v) is 3.38. The monoisotopic (exact) mass is 454 g/mol. The van der Waals surface area contributed by atoms with E-state index in [2.05, 4.69) is 25.9 Å². The molecule has 0 N–H and O–H groups in total. The normalized spacial score (nSPS) is 17.1. The first-order valence-corrected chi connectivity index (χ1v) is 9.00. The van der Waals surface area contributed by atoms with E-state index >= 15 is 0 Å². The molecular formula is C18H11BrClF3N4. The van der Waals surface area contributed by atoms with E-state index in [1.54, 1.807) is 29.3 Å². The third-order valence-electron chi connectivity index (χ3n) is 4.08. The maximum atomic E-state index is 13.7. The van der Waals surface area contributed by atoms with Gasteiger partial charge in [-0.3, -0.25) is 9.39 Å². The van der Waals surface area contributed by atoms with Gasteiger partial charge in [-0.2, -0.15) is 13.2 Å². The summed E-state index contributed by atoms with van der Waals surface area (Å²) in [5, 5.41) is 0.306. The first kappa shape index (κ1) is 18.1. The van der Waals surface area contributed by atoms with E-state index in [4.69, 9.17) is 11.6 Å². The van der Waals surface area contributed by atoms with Crippen LogP contribution in [0, 0.1) is 0 Å². The number of nitrogens with zero attached hydrogens (tertiary/aromatic N) is 4. The summed E-state index contributed by atoms with van der Waals surface area (Å²) in [6, 6.07) is 10.2. The smallest absolute Gasteiger partial charge is 0.320 e. The SMILES string of the molecule is FC(F)(F)c1nc2ccc(Cl)cn2c1C1N=CC=CN1c1ccc(Br)cc1. The van der Waals surface area contributed by atoms with Gasteiger partial charge in [0.25, 0.3) is 0 Å². The zero-order chi connectivity index (χ0) is 19.2. The highest BCUT2D eigenvalue weighted by atomic mass is 79.9. The number of benzene rings is 1. The fourth-order valence-electron chi connectivity index (χ4n) is 2.95. The van der Waals surface area contributed by atoms with E-state index in [1.165, 1.54) is 28.9 Å². The number of aromatic nitrogens is 2. The molecule has 1 aromatic carbocycles. The van der Waals surface area contributed by atoms with E-state index in [9.17, 15) is 13.2 Å². The molecule has 0 spiro atoms. The molecule has 0 saturated carbocycles. The molecule has 0 bridgehead atoms. The molecule has 4 nitrogen and oxygen atoms in total. The minimum atomic E-state index is -4.63. The Labute approximate surface area is 165 Å². The van der Waals surface area contributed by atoms with E-state index in [-0.39, 0.29) is 11.3 Å². The number of fused-ring (bicyclic) bond motifs is 1. The van der Waals surface area contributed by atoms with Gasteiger partial charge in [0.05, 0.1) is 5.02 Å².